The molecule has 1 unspecified atom stereocenters. The Labute approximate surface area is 96.0 Å². The minimum atomic E-state index is -0.780. The van der Waals surface area contributed by atoms with E-state index in [1.54, 1.807) is 12.1 Å². The van der Waals surface area contributed by atoms with E-state index in [1.807, 2.05) is 0 Å². The maximum atomic E-state index is 13.6. The lowest BCUT2D eigenvalue weighted by atomic mass is 9.91. The van der Waals surface area contributed by atoms with Crippen LogP contribution in [-0.4, -0.2) is 13.1 Å². The van der Waals surface area contributed by atoms with Gasteiger partial charge in [-0.3, -0.25) is 0 Å². The topological polar surface area (TPSA) is 12.0 Å². The molecule has 1 heterocycles. The van der Waals surface area contributed by atoms with Gasteiger partial charge in [0.2, 0.25) is 0 Å². The van der Waals surface area contributed by atoms with Crippen LogP contribution < -0.4 is 5.32 Å². The first kappa shape index (κ1) is 11.0. The number of hydrogen-bond donors (Lipinski definition) is 1. The summed E-state index contributed by atoms with van der Waals surface area (Å²) in [5, 5.41) is 3.19. The summed E-state index contributed by atoms with van der Waals surface area (Å²) in [5.41, 5.74) is 0.489. The van der Waals surface area contributed by atoms with Crippen LogP contribution >= 0.6 is 15.9 Å². The fourth-order valence-corrected chi connectivity index (χ4v) is 2.28. The maximum Gasteiger partial charge on any atom is 0.173 e. The van der Waals surface area contributed by atoms with Crippen molar-refractivity contribution in [3.05, 3.63) is 33.8 Å². The number of rotatable bonds is 1. The predicted molar refractivity (Wildman–Crippen MR) is 58.9 cm³/mol. The van der Waals surface area contributed by atoms with Crippen LogP contribution in [0.1, 0.15) is 24.3 Å². The normalized spacial score (nSPS) is 21.7. The number of hydrogen-bond acceptors (Lipinski definition) is 1. The summed E-state index contributed by atoms with van der Waals surface area (Å²) >= 11 is 2.97. The van der Waals surface area contributed by atoms with Crippen molar-refractivity contribution in [1.82, 2.24) is 5.32 Å². The zero-order valence-corrected chi connectivity index (χ0v) is 9.78. The molecule has 1 N–H and O–H groups in total. The molecule has 0 aliphatic carbocycles. The molecule has 1 aliphatic rings. The number of piperidine rings is 1. The summed E-state index contributed by atoms with van der Waals surface area (Å²) in [5.74, 6) is -1.39. The van der Waals surface area contributed by atoms with Crippen LogP contribution in [0.4, 0.5) is 8.78 Å². The molecule has 1 fully saturated rings. The van der Waals surface area contributed by atoms with Crippen LogP contribution in [0.25, 0.3) is 0 Å². The molecule has 0 spiro atoms. The average molecular weight is 276 g/mol. The maximum absolute atomic E-state index is 13.6. The van der Waals surface area contributed by atoms with Gasteiger partial charge in [-0.1, -0.05) is 6.07 Å². The van der Waals surface area contributed by atoms with Crippen LogP contribution in [0.15, 0.2) is 16.6 Å². The fourth-order valence-electron chi connectivity index (χ4n) is 1.97. The van der Waals surface area contributed by atoms with Crippen molar-refractivity contribution in [3.63, 3.8) is 0 Å². The highest BCUT2D eigenvalue weighted by molar-refractivity contribution is 9.10. The fraction of sp³-hybridized carbons (Fsp3) is 0.455. The molecule has 1 nitrogen and oxygen atoms in total. The van der Waals surface area contributed by atoms with Crippen LogP contribution in [-0.2, 0) is 0 Å². The highest BCUT2D eigenvalue weighted by atomic mass is 79.9. The quantitative estimate of drug-likeness (QED) is 0.777. The lowest BCUT2D eigenvalue weighted by molar-refractivity contribution is 0.430. The third-order valence-electron chi connectivity index (χ3n) is 2.80. The van der Waals surface area contributed by atoms with Gasteiger partial charge in [0.15, 0.2) is 11.6 Å². The lowest BCUT2D eigenvalue weighted by Gasteiger charge is -2.23. The molecular weight excluding hydrogens is 264 g/mol. The van der Waals surface area contributed by atoms with Crippen LogP contribution in [0.2, 0.25) is 0 Å². The smallest absolute Gasteiger partial charge is 0.173 e. The van der Waals surface area contributed by atoms with E-state index in [2.05, 4.69) is 21.2 Å². The van der Waals surface area contributed by atoms with E-state index in [9.17, 15) is 8.78 Å². The van der Waals surface area contributed by atoms with Gasteiger partial charge in [0.05, 0.1) is 4.47 Å². The third kappa shape index (κ3) is 2.21. The van der Waals surface area contributed by atoms with E-state index in [4.69, 9.17) is 0 Å². The second kappa shape index (κ2) is 4.58. The molecule has 1 aromatic rings. The molecule has 0 bridgehead atoms. The zero-order valence-electron chi connectivity index (χ0n) is 8.19. The van der Waals surface area contributed by atoms with Crippen LogP contribution in [0.3, 0.4) is 0 Å². The van der Waals surface area contributed by atoms with E-state index < -0.39 is 11.6 Å². The Bertz CT molecular complexity index is 362. The zero-order chi connectivity index (χ0) is 10.8. The molecule has 0 aromatic heterocycles. The number of halogens is 3. The molecule has 82 valence electrons. The highest BCUT2D eigenvalue weighted by Gasteiger charge is 2.21. The van der Waals surface area contributed by atoms with E-state index in [0.29, 0.717) is 5.56 Å². The Morgan fingerprint density at radius 1 is 1.27 bits per heavy atom. The first-order valence-corrected chi connectivity index (χ1v) is 5.83. The number of benzene rings is 1. The van der Waals surface area contributed by atoms with Gasteiger partial charge in [-0.2, -0.15) is 0 Å². The molecule has 1 atom stereocenters. The highest BCUT2D eigenvalue weighted by Crippen LogP contribution is 2.29. The van der Waals surface area contributed by atoms with Gasteiger partial charge >= 0.3 is 0 Å². The first-order chi connectivity index (χ1) is 7.20. The van der Waals surface area contributed by atoms with Crippen molar-refractivity contribution >= 4 is 15.9 Å². The average Bonchev–Trinajstić information content (AvgIpc) is 2.27. The summed E-state index contributed by atoms with van der Waals surface area (Å²) < 4.78 is 27.1. The summed E-state index contributed by atoms with van der Waals surface area (Å²) in [7, 11) is 0. The minimum absolute atomic E-state index is 0.0985. The monoisotopic (exact) mass is 275 g/mol. The summed E-state index contributed by atoms with van der Waals surface area (Å²) in [6, 6.07) is 3.24. The molecule has 0 radical (unpaired) electrons. The van der Waals surface area contributed by atoms with Gasteiger partial charge in [-0.25, -0.2) is 8.78 Å². The van der Waals surface area contributed by atoms with Gasteiger partial charge in [0.1, 0.15) is 0 Å². The Kier molecular flexibility index (Phi) is 3.36. The lowest BCUT2D eigenvalue weighted by Crippen LogP contribution is -2.29. The molecule has 1 aliphatic heterocycles. The molecule has 1 aromatic carbocycles. The Morgan fingerprint density at radius 2 is 2.07 bits per heavy atom. The molecule has 0 saturated carbocycles. The molecule has 15 heavy (non-hydrogen) atoms. The minimum Gasteiger partial charge on any atom is -0.316 e. The van der Waals surface area contributed by atoms with Gasteiger partial charge in [0, 0.05) is 6.54 Å². The standard InChI is InChI=1S/C11H12BrF2N/c12-9-4-3-8(10(13)11(9)14)7-2-1-5-15-6-7/h3-4,7,15H,1-2,5-6H2. The Morgan fingerprint density at radius 3 is 2.73 bits per heavy atom. The molecule has 0 amide bonds. The Hall–Kier alpha value is -0.480. The van der Waals surface area contributed by atoms with Crippen molar-refractivity contribution in [3.8, 4) is 0 Å². The SMILES string of the molecule is Fc1c(Br)ccc(C2CCCNC2)c1F. The van der Waals surface area contributed by atoms with Gasteiger partial charge < -0.3 is 5.32 Å². The molecule has 1 saturated heterocycles. The molecule has 4 heteroatoms. The summed E-state index contributed by atoms with van der Waals surface area (Å²) in [6.07, 6.45) is 1.94. The van der Waals surface area contributed by atoms with Crippen LogP contribution in [0, 0.1) is 11.6 Å². The van der Waals surface area contributed by atoms with Crippen molar-refractivity contribution in [1.29, 1.82) is 0 Å². The number of nitrogens with one attached hydrogen (secondary N) is 1. The van der Waals surface area contributed by atoms with Gasteiger partial charge in [-0.15, -0.1) is 0 Å². The van der Waals surface area contributed by atoms with Gasteiger partial charge in [0.25, 0.3) is 0 Å². The summed E-state index contributed by atoms with van der Waals surface area (Å²) in [4.78, 5) is 0. The largest absolute Gasteiger partial charge is 0.316 e. The van der Waals surface area contributed by atoms with Crippen molar-refractivity contribution < 1.29 is 8.78 Å². The van der Waals surface area contributed by atoms with Crippen molar-refractivity contribution in [2.75, 3.05) is 13.1 Å². The van der Waals surface area contributed by atoms with E-state index in [-0.39, 0.29) is 10.4 Å². The van der Waals surface area contributed by atoms with E-state index >= 15 is 0 Å². The van der Waals surface area contributed by atoms with Gasteiger partial charge in [-0.05, 0) is 52.9 Å². The predicted octanol–water partition coefficient (Wildman–Crippen LogP) is 3.19. The van der Waals surface area contributed by atoms with Crippen molar-refractivity contribution in [2.24, 2.45) is 0 Å². The van der Waals surface area contributed by atoms with E-state index in [1.165, 1.54) is 0 Å². The van der Waals surface area contributed by atoms with Crippen molar-refractivity contribution in [2.45, 2.75) is 18.8 Å². The molecular formula is C11H12BrF2N. The molecule has 2 rings (SSSR count). The second-order valence-corrected chi connectivity index (χ2v) is 4.66. The van der Waals surface area contributed by atoms with Crippen LogP contribution in [0.5, 0.6) is 0 Å². The Balaban J connectivity index is 2.31. The first-order valence-electron chi connectivity index (χ1n) is 5.04. The summed E-state index contributed by atoms with van der Waals surface area (Å²) in [6.45, 7) is 1.70. The second-order valence-electron chi connectivity index (χ2n) is 3.81. The van der Waals surface area contributed by atoms with E-state index in [0.717, 1.165) is 25.9 Å². The third-order valence-corrected chi connectivity index (χ3v) is 3.41.